The maximum Gasteiger partial charge on any atom is 0.225 e. The van der Waals surface area contributed by atoms with Crippen molar-refractivity contribution in [1.82, 2.24) is 5.32 Å². The molecule has 1 aromatic rings. The van der Waals surface area contributed by atoms with Crippen LogP contribution in [-0.2, 0) is 4.79 Å². The van der Waals surface area contributed by atoms with E-state index in [1.165, 1.54) is 5.56 Å². The topological polar surface area (TPSA) is 41.1 Å². The monoisotopic (exact) mass is 218 g/mol. The highest BCUT2D eigenvalue weighted by Gasteiger charge is 2.24. The van der Waals surface area contributed by atoms with Crippen LogP contribution < -0.4 is 10.6 Å². The fourth-order valence-corrected chi connectivity index (χ4v) is 2.06. The number of benzene rings is 1. The average Bonchev–Trinajstić information content (AvgIpc) is 2.25. The van der Waals surface area contributed by atoms with E-state index in [-0.39, 0.29) is 5.91 Å². The number of carbonyl (C=O) groups excluding carboxylic acids is 1. The van der Waals surface area contributed by atoms with Gasteiger partial charge in [-0.1, -0.05) is 32.0 Å². The van der Waals surface area contributed by atoms with Gasteiger partial charge in [0.15, 0.2) is 0 Å². The van der Waals surface area contributed by atoms with Crippen molar-refractivity contribution in [2.75, 3.05) is 11.9 Å². The quantitative estimate of drug-likeness (QED) is 0.815. The zero-order chi connectivity index (χ0) is 11.5. The normalized spacial score (nSPS) is 19.4. The first kappa shape index (κ1) is 11.1. The number of hydrogen-bond donors (Lipinski definition) is 2. The van der Waals surface area contributed by atoms with Gasteiger partial charge in [0.2, 0.25) is 5.91 Å². The molecule has 1 aliphatic rings. The SMILES string of the molecule is CC(C)NCC1CC(=O)Nc2ccccc21. The second-order valence-electron chi connectivity index (χ2n) is 4.60. The van der Waals surface area contributed by atoms with Crippen molar-refractivity contribution in [3.05, 3.63) is 29.8 Å². The van der Waals surface area contributed by atoms with E-state index in [0.717, 1.165) is 12.2 Å². The first-order valence-electron chi connectivity index (χ1n) is 5.79. The van der Waals surface area contributed by atoms with Crippen molar-refractivity contribution in [3.8, 4) is 0 Å². The molecule has 86 valence electrons. The molecule has 3 heteroatoms. The molecule has 0 aliphatic carbocycles. The van der Waals surface area contributed by atoms with Crippen LogP contribution >= 0.6 is 0 Å². The summed E-state index contributed by atoms with van der Waals surface area (Å²) in [5.74, 6) is 0.418. The van der Waals surface area contributed by atoms with Crippen LogP contribution in [0.4, 0.5) is 5.69 Å². The van der Waals surface area contributed by atoms with Gasteiger partial charge in [0.05, 0.1) is 0 Å². The number of anilines is 1. The fourth-order valence-electron chi connectivity index (χ4n) is 2.06. The summed E-state index contributed by atoms with van der Waals surface area (Å²) in [6.07, 6.45) is 0.580. The van der Waals surface area contributed by atoms with Gasteiger partial charge >= 0.3 is 0 Å². The standard InChI is InChI=1S/C13H18N2O/c1-9(2)14-8-10-7-13(16)15-12-6-4-3-5-11(10)12/h3-6,9-10,14H,7-8H2,1-2H3,(H,15,16). The van der Waals surface area contributed by atoms with E-state index in [1.54, 1.807) is 0 Å². The molecule has 2 N–H and O–H groups in total. The van der Waals surface area contributed by atoms with E-state index in [1.807, 2.05) is 18.2 Å². The van der Waals surface area contributed by atoms with Crippen LogP contribution in [-0.4, -0.2) is 18.5 Å². The number of nitrogens with one attached hydrogen (secondary N) is 2. The smallest absolute Gasteiger partial charge is 0.225 e. The lowest BCUT2D eigenvalue weighted by atomic mass is 9.90. The highest BCUT2D eigenvalue weighted by molar-refractivity contribution is 5.94. The largest absolute Gasteiger partial charge is 0.326 e. The predicted molar refractivity (Wildman–Crippen MR) is 65.6 cm³/mol. The van der Waals surface area contributed by atoms with Crippen LogP contribution in [0.25, 0.3) is 0 Å². The summed E-state index contributed by atoms with van der Waals surface area (Å²) in [6, 6.07) is 8.50. The van der Waals surface area contributed by atoms with Gasteiger partial charge in [0.1, 0.15) is 0 Å². The lowest BCUT2D eigenvalue weighted by Gasteiger charge is -2.26. The summed E-state index contributed by atoms with van der Waals surface area (Å²) >= 11 is 0. The third-order valence-electron chi connectivity index (χ3n) is 2.88. The van der Waals surface area contributed by atoms with Crippen molar-refractivity contribution in [2.24, 2.45) is 0 Å². The molecule has 0 radical (unpaired) electrons. The number of carbonyl (C=O) groups is 1. The minimum atomic E-state index is 0.120. The molecule has 1 heterocycles. The van der Waals surface area contributed by atoms with Crippen LogP contribution in [0.15, 0.2) is 24.3 Å². The Morgan fingerprint density at radius 3 is 2.94 bits per heavy atom. The molecular weight excluding hydrogens is 200 g/mol. The van der Waals surface area contributed by atoms with Crippen LogP contribution in [0.3, 0.4) is 0 Å². The number of fused-ring (bicyclic) bond motifs is 1. The van der Waals surface area contributed by atoms with Gasteiger partial charge in [-0.05, 0) is 11.6 Å². The van der Waals surface area contributed by atoms with E-state index >= 15 is 0 Å². The van der Waals surface area contributed by atoms with Gasteiger partial charge in [-0.2, -0.15) is 0 Å². The van der Waals surface area contributed by atoms with E-state index in [9.17, 15) is 4.79 Å². The zero-order valence-electron chi connectivity index (χ0n) is 9.79. The summed E-state index contributed by atoms with van der Waals surface area (Å²) in [6.45, 7) is 5.10. The van der Waals surface area contributed by atoms with Crippen molar-refractivity contribution >= 4 is 11.6 Å². The Balaban J connectivity index is 2.17. The van der Waals surface area contributed by atoms with Crippen molar-refractivity contribution < 1.29 is 4.79 Å². The minimum absolute atomic E-state index is 0.120. The van der Waals surface area contributed by atoms with Crippen LogP contribution in [0.5, 0.6) is 0 Å². The van der Waals surface area contributed by atoms with Crippen molar-refractivity contribution in [3.63, 3.8) is 0 Å². The maximum atomic E-state index is 11.5. The maximum absolute atomic E-state index is 11.5. The van der Waals surface area contributed by atoms with E-state index < -0.39 is 0 Å². The summed E-state index contributed by atoms with van der Waals surface area (Å²) in [5, 5.41) is 6.31. The third-order valence-corrected chi connectivity index (χ3v) is 2.88. The van der Waals surface area contributed by atoms with Crippen LogP contribution in [0.2, 0.25) is 0 Å². The Kier molecular flexibility index (Phi) is 3.25. The Labute approximate surface area is 96.2 Å². The summed E-state index contributed by atoms with van der Waals surface area (Å²) < 4.78 is 0. The Bertz CT molecular complexity index is 387. The lowest BCUT2D eigenvalue weighted by Crippen LogP contribution is -2.32. The second kappa shape index (κ2) is 4.66. The van der Waals surface area contributed by atoms with E-state index in [2.05, 4.69) is 30.5 Å². The summed E-state index contributed by atoms with van der Waals surface area (Å²) in [7, 11) is 0. The van der Waals surface area contributed by atoms with Crippen LogP contribution in [0.1, 0.15) is 31.7 Å². The highest BCUT2D eigenvalue weighted by Crippen LogP contribution is 2.31. The molecule has 0 fully saturated rings. The molecule has 1 amide bonds. The van der Waals surface area contributed by atoms with Gasteiger partial charge in [-0.3, -0.25) is 4.79 Å². The van der Waals surface area contributed by atoms with Gasteiger partial charge in [0.25, 0.3) is 0 Å². The Hall–Kier alpha value is -1.35. The number of hydrogen-bond acceptors (Lipinski definition) is 2. The highest BCUT2D eigenvalue weighted by atomic mass is 16.1. The summed E-state index contributed by atoms with van der Waals surface area (Å²) in [5.41, 5.74) is 2.21. The molecule has 1 aliphatic heterocycles. The third kappa shape index (κ3) is 2.42. The first-order valence-corrected chi connectivity index (χ1v) is 5.79. The van der Waals surface area contributed by atoms with Gasteiger partial charge < -0.3 is 10.6 Å². The molecule has 2 rings (SSSR count). The summed E-state index contributed by atoms with van der Waals surface area (Å²) in [4.78, 5) is 11.5. The first-order chi connectivity index (χ1) is 7.66. The molecule has 16 heavy (non-hydrogen) atoms. The van der Waals surface area contributed by atoms with E-state index in [4.69, 9.17) is 0 Å². The van der Waals surface area contributed by atoms with Gasteiger partial charge in [0, 0.05) is 30.6 Å². The zero-order valence-corrected chi connectivity index (χ0v) is 9.79. The molecular formula is C13H18N2O. The van der Waals surface area contributed by atoms with Crippen LogP contribution in [0, 0.1) is 0 Å². The molecule has 1 unspecified atom stereocenters. The fraction of sp³-hybridized carbons (Fsp3) is 0.462. The Morgan fingerprint density at radius 1 is 1.44 bits per heavy atom. The number of rotatable bonds is 3. The second-order valence-corrected chi connectivity index (χ2v) is 4.60. The Morgan fingerprint density at radius 2 is 2.19 bits per heavy atom. The molecule has 0 bridgehead atoms. The molecule has 0 saturated heterocycles. The van der Waals surface area contributed by atoms with Crippen molar-refractivity contribution in [2.45, 2.75) is 32.2 Å². The molecule has 0 saturated carbocycles. The molecule has 1 atom stereocenters. The van der Waals surface area contributed by atoms with E-state index in [0.29, 0.717) is 18.4 Å². The van der Waals surface area contributed by atoms with Gasteiger partial charge in [-0.25, -0.2) is 0 Å². The number of para-hydroxylation sites is 1. The van der Waals surface area contributed by atoms with Gasteiger partial charge in [-0.15, -0.1) is 0 Å². The predicted octanol–water partition coefficient (Wildman–Crippen LogP) is 2.11. The molecule has 3 nitrogen and oxygen atoms in total. The molecule has 0 aromatic heterocycles. The molecule has 1 aromatic carbocycles. The average molecular weight is 218 g/mol. The molecule has 0 spiro atoms. The number of amides is 1. The van der Waals surface area contributed by atoms with Crippen molar-refractivity contribution in [1.29, 1.82) is 0 Å². The lowest BCUT2D eigenvalue weighted by molar-refractivity contribution is -0.116. The minimum Gasteiger partial charge on any atom is -0.326 e.